The number of carbonyl (C=O) groups is 1. The zero-order chi connectivity index (χ0) is 14.8. The third-order valence-corrected chi connectivity index (χ3v) is 3.46. The summed E-state index contributed by atoms with van der Waals surface area (Å²) in [5, 5.41) is 2.91. The van der Waals surface area contributed by atoms with Crippen molar-refractivity contribution >= 4 is 5.91 Å². The van der Waals surface area contributed by atoms with Crippen molar-refractivity contribution < 1.29 is 9.53 Å². The van der Waals surface area contributed by atoms with Crippen LogP contribution in [0.2, 0.25) is 0 Å². The van der Waals surface area contributed by atoms with Gasteiger partial charge in [0, 0.05) is 17.3 Å². The van der Waals surface area contributed by atoms with Crippen LogP contribution in [0.4, 0.5) is 0 Å². The summed E-state index contributed by atoms with van der Waals surface area (Å²) in [6, 6.07) is 10.7. The Kier molecular flexibility index (Phi) is 3.48. The zero-order valence-electron chi connectivity index (χ0n) is 11.7. The molecule has 1 amide bonds. The standard InChI is InChI=1S/C16H16N2O3/c1-10-6-12(8-15(19)17-10)16(20)18-13-7-11-4-2-3-5-14(11)21-9-13/h2-6,8,13H,7,9H2,1H3,(H,17,19)(H,18,20)/t13-/m0/s1. The monoisotopic (exact) mass is 284 g/mol. The fourth-order valence-corrected chi connectivity index (χ4v) is 2.50. The predicted molar refractivity (Wildman–Crippen MR) is 78.7 cm³/mol. The second kappa shape index (κ2) is 5.44. The summed E-state index contributed by atoms with van der Waals surface area (Å²) >= 11 is 0. The molecule has 0 unspecified atom stereocenters. The Bertz CT molecular complexity index is 736. The number of ether oxygens (including phenoxy) is 1. The van der Waals surface area contributed by atoms with Crippen LogP contribution in [0.1, 0.15) is 21.6 Å². The molecule has 0 spiro atoms. The van der Waals surface area contributed by atoms with Crippen LogP contribution in [0.25, 0.3) is 0 Å². The summed E-state index contributed by atoms with van der Waals surface area (Å²) < 4.78 is 5.64. The minimum atomic E-state index is -0.273. The van der Waals surface area contributed by atoms with Gasteiger partial charge in [0.15, 0.2) is 0 Å². The molecule has 3 rings (SSSR count). The highest BCUT2D eigenvalue weighted by atomic mass is 16.5. The molecule has 0 saturated heterocycles. The Labute approximate surface area is 122 Å². The summed E-state index contributed by atoms with van der Waals surface area (Å²) in [6.07, 6.45) is 0.726. The molecule has 0 fully saturated rings. The molecule has 1 aromatic heterocycles. The maximum atomic E-state index is 12.2. The van der Waals surface area contributed by atoms with Gasteiger partial charge in [-0.3, -0.25) is 9.59 Å². The first-order valence-corrected chi connectivity index (χ1v) is 6.84. The van der Waals surface area contributed by atoms with Crippen LogP contribution in [0, 0.1) is 6.92 Å². The molecule has 0 radical (unpaired) electrons. The van der Waals surface area contributed by atoms with Crippen molar-refractivity contribution in [2.45, 2.75) is 19.4 Å². The molecule has 0 saturated carbocycles. The number of hydrogen-bond acceptors (Lipinski definition) is 3. The minimum Gasteiger partial charge on any atom is -0.491 e. The molecule has 0 bridgehead atoms. The van der Waals surface area contributed by atoms with Gasteiger partial charge in [0.25, 0.3) is 5.91 Å². The van der Waals surface area contributed by atoms with E-state index in [1.54, 1.807) is 13.0 Å². The van der Waals surface area contributed by atoms with Crippen LogP contribution in [-0.2, 0) is 6.42 Å². The van der Waals surface area contributed by atoms with Crippen LogP contribution in [-0.4, -0.2) is 23.5 Å². The van der Waals surface area contributed by atoms with E-state index >= 15 is 0 Å². The van der Waals surface area contributed by atoms with Gasteiger partial charge in [0.1, 0.15) is 12.4 Å². The first-order valence-electron chi connectivity index (χ1n) is 6.84. The Hall–Kier alpha value is -2.56. The van der Waals surface area contributed by atoms with E-state index in [9.17, 15) is 9.59 Å². The summed E-state index contributed by atoms with van der Waals surface area (Å²) in [5.74, 6) is 0.618. The fourth-order valence-electron chi connectivity index (χ4n) is 2.50. The van der Waals surface area contributed by atoms with Gasteiger partial charge in [-0.25, -0.2) is 0 Å². The molecule has 5 heteroatoms. The molecular formula is C16H16N2O3. The number of aromatic nitrogens is 1. The number of nitrogens with one attached hydrogen (secondary N) is 2. The zero-order valence-corrected chi connectivity index (χ0v) is 11.7. The number of aromatic amines is 1. The third-order valence-electron chi connectivity index (χ3n) is 3.46. The molecule has 0 aliphatic carbocycles. The van der Waals surface area contributed by atoms with Crippen LogP contribution in [0.3, 0.4) is 0 Å². The molecule has 2 aromatic rings. The van der Waals surface area contributed by atoms with Gasteiger partial charge in [0.05, 0.1) is 6.04 Å². The normalized spacial score (nSPS) is 16.7. The van der Waals surface area contributed by atoms with Crippen molar-refractivity contribution in [2.75, 3.05) is 6.61 Å². The second-order valence-electron chi connectivity index (χ2n) is 5.21. The first-order chi connectivity index (χ1) is 10.1. The molecule has 1 aliphatic rings. The average molecular weight is 284 g/mol. The molecule has 108 valence electrons. The topological polar surface area (TPSA) is 71.2 Å². The number of carbonyl (C=O) groups excluding carboxylic acids is 1. The van der Waals surface area contributed by atoms with Gasteiger partial charge < -0.3 is 15.0 Å². The van der Waals surface area contributed by atoms with Gasteiger partial charge >= 0.3 is 0 Å². The molecule has 5 nitrogen and oxygen atoms in total. The van der Waals surface area contributed by atoms with E-state index in [2.05, 4.69) is 10.3 Å². The van der Waals surface area contributed by atoms with E-state index < -0.39 is 0 Å². The maximum absolute atomic E-state index is 12.2. The lowest BCUT2D eigenvalue weighted by molar-refractivity contribution is 0.0915. The number of H-pyrrole nitrogens is 1. The van der Waals surface area contributed by atoms with E-state index in [1.165, 1.54) is 6.07 Å². The quantitative estimate of drug-likeness (QED) is 0.876. The number of benzene rings is 1. The van der Waals surface area contributed by atoms with E-state index in [-0.39, 0.29) is 17.5 Å². The summed E-state index contributed by atoms with van der Waals surface area (Å²) in [4.78, 5) is 26.2. The van der Waals surface area contributed by atoms with Gasteiger partial charge in [-0.2, -0.15) is 0 Å². The van der Waals surface area contributed by atoms with E-state index in [0.29, 0.717) is 17.9 Å². The molecule has 1 atom stereocenters. The van der Waals surface area contributed by atoms with E-state index in [1.807, 2.05) is 24.3 Å². The highest BCUT2D eigenvalue weighted by Crippen LogP contribution is 2.23. The molecule has 1 aliphatic heterocycles. The lowest BCUT2D eigenvalue weighted by atomic mass is 10.0. The van der Waals surface area contributed by atoms with Crippen molar-refractivity contribution in [3.05, 3.63) is 63.6 Å². The molecule has 1 aromatic carbocycles. The summed E-state index contributed by atoms with van der Waals surface area (Å²) in [5.41, 5.74) is 1.84. The van der Waals surface area contributed by atoms with Gasteiger partial charge in [0.2, 0.25) is 5.56 Å². The average Bonchev–Trinajstić information content (AvgIpc) is 2.46. The summed E-state index contributed by atoms with van der Waals surface area (Å²) in [6.45, 7) is 2.18. The van der Waals surface area contributed by atoms with Gasteiger partial charge in [-0.15, -0.1) is 0 Å². The number of para-hydroxylation sites is 1. The van der Waals surface area contributed by atoms with Crippen molar-refractivity contribution in [3.63, 3.8) is 0 Å². The maximum Gasteiger partial charge on any atom is 0.251 e. The predicted octanol–water partition coefficient (Wildman–Crippen LogP) is 1.42. The molecule has 2 N–H and O–H groups in total. The molecular weight excluding hydrogens is 268 g/mol. The van der Waals surface area contributed by atoms with Crippen molar-refractivity contribution in [3.8, 4) is 5.75 Å². The van der Waals surface area contributed by atoms with Crippen LogP contribution >= 0.6 is 0 Å². The van der Waals surface area contributed by atoms with Crippen LogP contribution in [0.5, 0.6) is 5.75 Å². The van der Waals surface area contributed by atoms with Crippen LogP contribution in [0.15, 0.2) is 41.2 Å². The number of fused-ring (bicyclic) bond motifs is 1. The lowest BCUT2D eigenvalue weighted by Crippen LogP contribution is -2.43. The van der Waals surface area contributed by atoms with Gasteiger partial charge in [-0.05, 0) is 31.0 Å². The van der Waals surface area contributed by atoms with Crippen LogP contribution < -0.4 is 15.6 Å². The van der Waals surface area contributed by atoms with E-state index in [4.69, 9.17) is 4.74 Å². The fraction of sp³-hybridized carbons (Fsp3) is 0.250. The largest absolute Gasteiger partial charge is 0.491 e. The number of pyridine rings is 1. The second-order valence-corrected chi connectivity index (χ2v) is 5.21. The van der Waals surface area contributed by atoms with Crippen molar-refractivity contribution in [2.24, 2.45) is 0 Å². The highest BCUT2D eigenvalue weighted by molar-refractivity contribution is 5.94. The summed E-state index contributed by atoms with van der Waals surface area (Å²) in [7, 11) is 0. The number of hydrogen-bond donors (Lipinski definition) is 2. The Morgan fingerprint density at radius 2 is 2.14 bits per heavy atom. The molecule has 2 heterocycles. The first kappa shape index (κ1) is 13.4. The number of aryl methyl sites for hydroxylation is 1. The van der Waals surface area contributed by atoms with E-state index in [0.717, 1.165) is 17.7 Å². The number of amides is 1. The smallest absolute Gasteiger partial charge is 0.251 e. The number of rotatable bonds is 2. The SMILES string of the molecule is Cc1cc(C(=O)N[C@@H]2COc3ccccc3C2)cc(=O)[nH]1. The minimum absolute atomic E-state index is 0.0907. The lowest BCUT2D eigenvalue weighted by Gasteiger charge is -2.26. The Morgan fingerprint density at radius 3 is 2.95 bits per heavy atom. The third kappa shape index (κ3) is 2.97. The molecule has 21 heavy (non-hydrogen) atoms. The van der Waals surface area contributed by atoms with Gasteiger partial charge in [-0.1, -0.05) is 18.2 Å². The highest BCUT2D eigenvalue weighted by Gasteiger charge is 2.21. The Balaban J connectivity index is 1.73. The van der Waals surface area contributed by atoms with Crippen molar-refractivity contribution in [1.29, 1.82) is 0 Å². The Morgan fingerprint density at radius 1 is 1.33 bits per heavy atom. The van der Waals surface area contributed by atoms with Crippen molar-refractivity contribution in [1.82, 2.24) is 10.3 Å².